The maximum absolute atomic E-state index is 5.97. The van der Waals surface area contributed by atoms with E-state index in [1.54, 1.807) is 0 Å². The fourth-order valence-corrected chi connectivity index (χ4v) is 2.28. The zero-order valence-electron chi connectivity index (χ0n) is 9.02. The molecule has 2 nitrogen and oxygen atoms in total. The minimum atomic E-state index is 0.624. The second-order valence-electron chi connectivity index (χ2n) is 3.95. The van der Waals surface area contributed by atoms with Crippen molar-refractivity contribution < 1.29 is 0 Å². The highest BCUT2D eigenvalue weighted by molar-refractivity contribution is 6.30. The Kier molecular flexibility index (Phi) is 3.49. The molecule has 1 aromatic rings. The van der Waals surface area contributed by atoms with E-state index in [1.807, 2.05) is 12.1 Å². The van der Waals surface area contributed by atoms with Crippen molar-refractivity contribution >= 4 is 17.3 Å². The van der Waals surface area contributed by atoms with Gasteiger partial charge in [0.1, 0.15) is 0 Å². The smallest absolute Gasteiger partial charge is 0.0426 e. The molecule has 0 aliphatic carbocycles. The van der Waals surface area contributed by atoms with Crippen LogP contribution in [0.1, 0.15) is 24.8 Å². The van der Waals surface area contributed by atoms with Crippen molar-refractivity contribution in [1.82, 2.24) is 5.32 Å². The number of hydrogen-bond acceptors (Lipinski definition) is 2. The second-order valence-corrected chi connectivity index (χ2v) is 4.39. The van der Waals surface area contributed by atoms with Crippen LogP contribution in [0.25, 0.3) is 0 Å². The summed E-state index contributed by atoms with van der Waals surface area (Å²) in [6.07, 6.45) is 1.20. The van der Waals surface area contributed by atoms with Crippen molar-refractivity contribution in [2.45, 2.75) is 19.3 Å². The minimum absolute atomic E-state index is 0.624. The lowest BCUT2D eigenvalue weighted by molar-refractivity contribution is 0.563. The number of benzene rings is 1. The van der Waals surface area contributed by atoms with Gasteiger partial charge in [-0.1, -0.05) is 24.6 Å². The lowest BCUT2D eigenvalue weighted by atomic mass is 9.91. The van der Waals surface area contributed by atoms with Crippen LogP contribution in [0.3, 0.4) is 0 Å². The van der Waals surface area contributed by atoms with Gasteiger partial charge in [-0.15, -0.1) is 0 Å². The summed E-state index contributed by atoms with van der Waals surface area (Å²) in [5, 5.41) is 7.62. The van der Waals surface area contributed by atoms with E-state index in [2.05, 4.69) is 23.6 Å². The standard InChI is InChI=1S/C12H17ClN2/c1-2-14-8-9-5-6-15-12-7-10(13)3-4-11(9)12/h3-4,7,9,14-15H,2,5-6,8H2,1H3. The lowest BCUT2D eigenvalue weighted by Gasteiger charge is -2.27. The summed E-state index contributed by atoms with van der Waals surface area (Å²) in [5.41, 5.74) is 2.60. The molecule has 0 radical (unpaired) electrons. The van der Waals surface area contributed by atoms with Crippen LogP contribution in [-0.2, 0) is 0 Å². The van der Waals surface area contributed by atoms with Crippen LogP contribution >= 0.6 is 11.6 Å². The second kappa shape index (κ2) is 4.86. The van der Waals surface area contributed by atoms with Crippen LogP contribution in [0.15, 0.2) is 18.2 Å². The highest BCUT2D eigenvalue weighted by Gasteiger charge is 2.19. The molecule has 0 spiro atoms. The summed E-state index contributed by atoms with van der Waals surface area (Å²) in [7, 11) is 0. The Morgan fingerprint density at radius 1 is 1.53 bits per heavy atom. The van der Waals surface area contributed by atoms with Gasteiger partial charge >= 0.3 is 0 Å². The highest BCUT2D eigenvalue weighted by atomic mass is 35.5. The number of rotatable bonds is 3. The Balaban J connectivity index is 2.18. The van der Waals surface area contributed by atoms with Crippen molar-refractivity contribution in [3.05, 3.63) is 28.8 Å². The Hall–Kier alpha value is -0.730. The molecule has 1 aromatic carbocycles. The van der Waals surface area contributed by atoms with Gasteiger partial charge in [-0.2, -0.15) is 0 Å². The van der Waals surface area contributed by atoms with Gasteiger partial charge in [-0.25, -0.2) is 0 Å². The van der Waals surface area contributed by atoms with Crippen molar-refractivity contribution in [2.75, 3.05) is 25.0 Å². The average Bonchev–Trinajstić information content (AvgIpc) is 2.25. The summed E-state index contributed by atoms with van der Waals surface area (Å²) in [5.74, 6) is 0.624. The van der Waals surface area contributed by atoms with Gasteiger partial charge in [-0.3, -0.25) is 0 Å². The van der Waals surface area contributed by atoms with Crippen LogP contribution in [0.4, 0.5) is 5.69 Å². The van der Waals surface area contributed by atoms with Gasteiger partial charge in [0.05, 0.1) is 0 Å². The summed E-state index contributed by atoms with van der Waals surface area (Å²) in [6, 6.07) is 6.15. The molecule has 1 aliphatic heterocycles. The highest BCUT2D eigenvalue weighted by Crippen LogP contribution is 2.32. The fourth-order valence-electron chi connectivity index (χ4n) is 2.10. The summed E-state index contributed by atoms with van der Waals surface area (Å²) >= 11 is 5.97. The summed E-state index contributed by atoms with van der Waals surface area (Å²) in [4.78, 5) is 0. The quantitative estimate of drug-likeness (QED) is 0.825. The first-order valence-corrected chi connectivity index (χ1v) is 5.93. The van der Waals surface area contributed by atoms with Crippen molar-refractivity contribution in [3.63, 3.8) is 0 Å². The zero-order chi connectivity index (χ0) is 10.7. The maximum Gasteiger partial charge on any atom is 0.0426 e. The first kappa shape index (κ1) is 10.8. The van der Waals surface area contributed by atoms with Crippen LogP contribution in [0, 0.1) is 0 Å². The first-order valence-electron chi connectivity index (χ1n) is 5.55. The summed E-state index contributed by atoms with van der Waals surface area (Å²) < 4.78 is 0. The van der Waals surface area contributed by atoms with Gasteiger partial charge in [0.15, 0.2) is 0 Å². The van der Waals surface area contributed by atoms with Crippen LogP contribution in [-0.4, -0.2) is 19.6 Å². The lowest BCUT2D eigenvalue weighted by Crippen LogP contribution is -2.26. The van der Waals surface area contributed by atoms with Gasteiger partial charge < -0.3 is 10.6 Å². The van der Waals surface area contributed by atoms with E-state index in [4.69, 9.17) is 11.6 Å². The molecule has 0 fully saturated rings. The molecule has 1 aliphatic rings. The molecule has 3 heteroatoms. The molecule has 0 aromatic heterocycles. The van der Waals surface area contributed by atoms with E-state index in [1.165, 1.54) is 17.7 Å². The van der Waals surface area contributed by atoms with E-state index in [0.29, 0.717) is 5.92 Å². The number of nitrogens with one attached hydrogen (secondary N) is 2. The molecule has 15 heavy (non-hydrogen) atoms. The Morgan fingerprint density at radius 3 is 3.20 bits per heavy atom. The van der Waals surface area contributed by atoms with Crippen LogP contribution in [0.5, 0.6) is 0 Å². The molecule has 82 valence electrons. The van der Waals surface area contributed by atoms with Gasteiger partial charge in [-0.05, 0) is 30.7 Å². The minimum Gasteiger partial charge on any atom is -0.385 e. The third-order valence-corrected chi connectivity index (χ3v) is 3.14. The predicted molar refractivity (Wildman–Crippen MR) is 65.8 cm³/mol. The normalized spacial score (nSPS) is 19.5. The molecule has 1 unspecified atom stereocenters. The molecule has 1 heterocycles. The maximum atomic E-state index is 5.97. The van der Waals surface area contributed by atoms with E-state index in [0.717, 1.165) is 24.7 Å². The fraction of sp³-hybridized carbons (Fsp3) is 0.500. The summed E-state index contributed by atoms with van der Waals surface area (Å²) in [6.45, 7) is 5.28. The average molecular weight is 225 g/mol. The Bertz CT molecular complexity index is 338. The molecule has 0 saturated carbocycles. The predicted octanol–water partition coefficient (Wildman–Crippen LogP) is 2.85. The number of hydrogen-bond donors (Lipinski definition) is 2. The molecule has 1 atom stereocenters. The van der Waals surface area contributed by atoms with Crippen LogP contribution in [0.2, 0.25) is 5.02 Å². The molecule has 0 amide bonds. The molecule has 2 N–H and O–H groups in total. The SMILES string of the molecule is CCNCC1CCNc2cc(Cl)ccc21. The van der Waals surface area contributed by atoms with E-state index in [-0.39, 0.29) is 0 Å². The van der Waals surface area contributed by atoms with Gasteiger partial charge in [0.25, 0.3) is 0 Å². The van der Waals surface area contributed by atoms with E-state index in [9.17, 15) is 0 Å². The van der Waals surface area contributed by atoms with Crippen molar-refractivity contribution in [2.24, 2.45) is 0 Å². The topological polar surface area (TPSA) is 24.1 Å². The zero-order valence-corrected chi connectivity index (χ0v) is 9.77. The monoisotopic (exact) mass is 224 g/mol. The van der Waals surface area contributed by atoms with Crippen molar-refractivity contribution in [3.8, 4) is 0 Å². The molecular weight excluding hydrogens is 208 g/mol. The van der Waals surface area contributed by atoms with Gasteiger partial charge in [0.2, 0.25) is 0 Å². The third-order valence-electron chi connectivity index (χ3n) is 2.90. The van der Waals surface area contributed by atoms with Gasteiger partial charge in [0, 0.05) is 29.7 Å². The van der Waals surface area contributed by atoms with Crippen molar-refractivity contribution in [1.29, 1.82) is 0 Å². The number of halogens is 1. The van der Waals surface area contributed by atoms with Crippen LogP contribution < -0.4 is 10.6 Å². The molecule has 2 rings (SSSR count). The number of likely N-dealkylation sites (N-methyl/N-ethyl adjacent to an activating group) is 1. The third kappa shape index (κ3) is 2.44. The molecular formula is C12H17ClN2. The van der Waals surface area contributed by atoms with E-state index >= 15 is 0 Å². The Morgan fingerprint density at radius 2 is 2.40 bits per heavy atom. The largest absolute Gasteiger partial charge is 0.385 e. The Labute approximate surface area is 96.0 Å². The van der Waals surface area contributed by atoms with E-state index < -0.39 is 0 Å². The molecule has 0 bridgehead atoms. The number of anilines is 1. The molecule has 0 saturated heterocycles. The first-order chi connectivity index (χ1) is 7.31. The number of fused-ring (bicyclic) bond motifs is 1.